The zero-order valence-electron chi connectivity index (χ0n) is 5.42. The molecule has 3 nitrogen and oxygen atoms in total. The molecule has 0 aromatic heterocycles. The molecule has 9 heavy (non-hydrogen) atoms. The molecule has 1 fully saturated rings. The minimum atomic E-state index is -0.456. The van der Waals surface area contributed by atoms with Gasteiger partial charge in [0.25, 0.3) is 0 Å². The molecular weight excluding hydrogens is 118 g/mol. The van der Waals surface area contributed by atoms with E-state index in [1.807, 2.05) is 0 Å². The van der Waals surface area contributed by atoms with Crippen LogP contribution >= 0.6 is 0 Å². The van der Waals surface area contributed by atoms with Crippen molar-refractivity contribution in [3.8, 4) is 0 Å². The number of hydrogen-bond donors (Lipinski definition) is 2. The third kappa shape index (κ3) is 1.28. The molecule has 0 radical (unpaired) electrons. The number of hydrogen-bond acceptors (Lipinski definition) is 3. The second kappa shape index (κ2) is 2.45. The van der Waals surface area contributed by atoms with Crippen LogP contribution in [-0.2, 0) is 4.79 Å². The Morgan fingerprint density at radius 2 is 2.44 bits per heavy atom. The number of Topliss-reactive ketones (excluding diaryl/α,β-unsaturated/α-hetero) is 1. The summed E-state index contributed by atoms with van der Waals surface area (Å²) in [5.74, 6) is 0.0278. The number of aliphatic hydroxyl groups excluding tert-OH is 1. The Hall–Kier alpha value is -0.410. The summed E-state index contributed by atoms with van der Waals surface area (Å²) in [6, 6.07) is -0.301. The van der Waals surface area contributed by atoms with E-state index in [1.165, 1.54) is 6.92 Å². The fraction of sp³-hybridized carbons (Fsp3) is 0.833. The molecule has 52 valence electrons. The third-order valence-corrected chi connectivity index (χ3v) is 1.63. The first kappa shape index (κ1) is 6.71. The zero-order valence-corrected chi connectivity index (χ0v) is 5.42. The molecule has 0 amide bonds. The highest BCUT2D eigenvalue weighted by molar-refractivity contribution is 5.82. The van der Waals surface area contributed by atoms with E-state index in [2.05, 4.69) is 5.32 Å². The number of aliphatic hydroxyl groups is 1. The Balaban J connectivity index is 2.49. The van der Waals surface area contributed by atoms with Crippen molar-refractivity contribution in [2.75, 3.05) is 6.54 Å². The van der Waals surface area contributed by atoms with Crippen LogP contribution in [-0.4, -0.2) is 29.6 Å². The van der Waals surface area contributed by atoms with Gasteiger partial charge >= 0.3 is 0 Å². The van der Waals surface area contributed by atoms with Crippen molar-refractivity contribution < 1.29 is 9.90 Å². The lowest BCUT2D eigenvalue weighted by Crippen LogP contribution is -2.36. The van der Waals surface area contributed by atoms with Gasteiger partial charge < -0.3 is 10.4 Å². The predicted octanol–water partition coefficient (Wildman–Crippen LogP) is -0.702. The molecule has 0 aromatic carbocycles. The fourth-order valence-corrected chi connectivity index (χ4v) is 1.10. The largest absolute Gasteiger partial charge is 0.391 e. The van der Waals surface area contributed by atoms with Gasteiger partial charge in [-0.3, -0.25) is 4.79 Å². The third-order valence-electron chi connectivity index (χ3n) is 1.63. The van der Waals surface area contributed by atoms with Crippen molar-refractivity contribution >= 4 is 5.78 Å². The molecule has 1 aliphatic heterocycles. The van der Waals surface area contributed by atoms with Gasteiger partial charge in [0.1, 0.15) is 5.78 Å². The number of rotatable bonds is 1. The molecule has 0 spiro atoms. The van der Waals surface area contributed by atoms with E-state index in [0.29, 0.717) is 6.42 Å². The SMILES string of the molecule is CC(=O)C1NCCC1O. The van der Waals surface area contributed by atoms with Crippen LogP contribution in [0.25, 0.3) is 0 Å². The minimum Gasteiger partial charge on any atom is -0.391 e. The normalized spacial score (nSPS) is 34.9. The van der Waals surface area contributed by atoms with Gasteiger partial charge in [0.15, 0.2) is 0 Å². The first-order valence-corrected chi connectivity index (χ1v) is 3.13. The molecule has 1 rings (SSSR count). The summed E-state index contributed by atoms with van der Waals surface area (Å²) in [6.45, 7) is 2.25. The van der Waals surface area contributed by atoms with Crippen molar-refractivity contribution in [3.05, 3.63) is 0 Å². The smallest absolute Gasteiger partial charge is 0.149 e. The molecule has 0 saturated carbocycles. The lowest BCUT2D eigenvalue weighted by Gasteiger charge is -2.08. The Bertz CT molecular complexity index is 124. The molecule has 2 N–H and O–H groups in total. The minimum absolute atomic E-state index is 0.0278. The van der Waals surface area contributed by atoms with Crippen molar-refractivity contribution in [2.24, 2.45) is 0 Å². The van der Waals surface area contributed by atoms with Crippen LogP contribution in [0.2, 0.25) is 0 Å². The average Bonchev–Trinajstić information content (AvgIpc) is 2.13. The number of carbonyl (C=O) groups excluding carboxylic acids is 1. The molecule has 2 atom stereocenters. The monoisotopic (exact) mass is 129 g/mol. The molecule has 0 aliphatic carbocycles. The highest BCUT2D eigenvalue weighted by Gasteiger charge is 2.27. The molecular formula is C6H11NO2. The van der Waals surface area contributed by atoms with E-state index < -0.39 is 6.10 Å². The lowest BCUT2D eigenvalue weighted by molar-refractivity contribution is -0.120. The van der Waals surface area contributed by atoms with Crippen molar-refractivity contribution in [2.45, 2.75) is 25.5 Å². The van der Waals surface area contributed by atoms with Gasteiger partial charge in [-0.25, -0.2) is 0 Å². The Kier molecular flexibility index (Phi) is 1.83. The Morgan fingerprint density at radius 3 is 2.67 bits per heavy atom. The second-order valence-electron chi connectivity index (χ2n) is 2.40. The standard InChI is InChI=1S/C6H11NO2/c1-4(8)6-5(9)2-3-7-6/h5-7,9H,2-3H2,1H3. The predicted molar refractivity (Wildman–Crippen MR) is 33.1 cm³/mol. The van der Waals surface area contributed by atoms with Crippen LogP contribution < -0.4 is 5.32 Å². The van der Waals surface area contributed by atoms with Gasteiger partial charge in [-0.1, -0.05) is 0 Å². The van der Waals surface area contributed by atoms with Gasteiger partial charge in [0.05, 0.1) is 12.1 Å². The maximum atomic E-state index is 10.6. The van der Waals surface area contributed by atoms with Crippen LogP contribution in [0.1, 0.15) is 13.3 Å². The summed E-state index contributed by atoms with van der Waals surface area (Å²) in [6.07, 6.45) is 0.243. The quantitative estimate of drug-likeness (QED) is 0.492. The highest BCUT2D eigenvalue weighted by Crippen LogP contribution is 2.06. The van der Waals surface area contributed by atoms with Crippen LogP contribution in [0.15, 0.2) is 0 Å². The summed E-state index contributed by atoms with van der Waals surface area (Å²) >= 11 is 0. The van der Waals surface area contributed by atoms with Crippen LogP contribution in [0.3, 0.4) is 0 Å². The topological polar surface area (TPSA) is 49.3 Å². The number of carbonyl (C=O) groups is 1. The van der Waals surface area contributed by atoms with Crippen molar-refractivity contribution in [3.63, 3.8) is 0 Å². The molecule has 0 bridgehead atoms. The molecule has 3 heteroatoms. The van der Waals surface area contributed by atoms with Crippen LogP contribution in [0, 0.1) is 0 Å². The van der Waals surface area contributed by atoms with Gasteiger partial charge in [-0.15, -0.1) is 0 Å². The van der Waals surface area contributed by atoms with E-state index in [-0.39, 0.29) is 11.8 Å². The van der Waals surface area contributed by atoms with E-state index in [9.17, 15) is 4.79 Å². The lowest BCUT2D eigenvalue weighted by atomic mass is 10.1. The molecule has 1 heterocycles. The maximum Gasteiger partial charge on any atom is 0.149 e. The van der Waals surface area contributed by atoms with Crippen molar-refractivity contribution in [1.29, 1.82) is 0 Å². The first-order valence-electron chi connectivity index (χ1n) is 3.13. The van der Waals surface area contributed by atoms with E-state index >= 15 is 0 Å². The van der Waals surface area contributed by atoms with Crippen LogP contribution in [0.4, 0.5) is 0 Å². The van der Waals surface area contributed by atoms with Crippen LogP contribution in [0.5, 0.6) is 0 Å². The molecule has 1 aliphatic rings. The van der Waals surface area contributed by atoms with Crippen molar-refractivity contribution in [1.82, 2.24) is 5.32 Å². The van der Waals surface area contributed by atoms with E-state index in [0.717, 1.165) is 6.54 Å². The molecule has 1 saturated heterocycles. The summed E-state index contributed by atoms with van der Waals surface area (Å²) in [5, 5.41) is 12.0. The summed E-state index contributed by atoms with van der Waals surface area (Å²) < 4.78 is 0. The Labute approximate surface area is 54.1 Å². The highest BCUT2D eigenvalue weighted by atomic mass is 16.3. The zero-order chi connectivity index (χ0) is 6.85. The molecule has 0 aromatic rings. The van der Waals surface area contributed by atoms with Gasteiger partial charge in [-0.05, 0) is 19.9 Å². The van der Waals surface area contributed by atoms with E-state index in [4.69, 9.17) is 5.11 Å². The van der Waals surface area contributed by atoms with Gasteiger partial charge in [0.2, 0.25) is 0 Å². The van der Waals surface area contributed by atoms with E-state index in [1.54, 1.807) is 0 Å². The van der Waals surface area contributed by atoms with Gasteiger partial charge in [0, 0.05) is 0 Å². The number of nitrogens with one attached hydrogen (secondary N) is 1. The fourth-order valence-electron chi connectivity index (χ4n) is 1.10. The molecule has 2 unspecified atom stereocenters. The number of ketones is 1. The first-order chi connectivity index (χ1) is 4.22. The Morgan fingerprint density at radius 1 is 1.78 bits per heavy atom. The summed E-state index contributed by atoms with van der Waals surface area (Å²) in [7, 11) is 0. The summed E-state index contributed by atoms with van der Waals surface area (Å²) in [4.78, 5) is 10.6. The average molecular weight is 129 g/mol. The maximum absolute atomic E-state index is 10.6. The second-order valence-corrected chi connectivity index (χ2v) is 2.40. The van der Waals surface area contributed by atoms with Gasteiger partial charge in [-0.2, -0.15) is 0 Å². The summed E-state index contributed by atoms with van der Waals surface area (Å²) in [5.41, 5.74) is 0.